The number of carbonyl (C=O) groups is 1. The summed E-state index contributed by atoms with van der Waals surface area (Å²) < 4.78 is 4.40. The summed E-state index contributed by atoms with van der Waals surface area (Å²) in [7, 11) is 0. The molecule has 0 amide bonds. The number of carboxylic acids is 1. The Morgan fingerprint density at radius 3 is 2.73 bits per heavy atom. The van der Waals surface area contributed by atoms with Gasteiger partial charge in [-0.25, -0.2) is 9.42 Å². The van der Waals surface area contributed by atoms with Crippen LogP contribution in [-0.4, -0.2) is 27.6 Å². The average Bonchev–Trinajstić information content (AvgIpc) is 3.05. The maximum absolute atomic E-state index is 11.9. The van der Waals surface area contributed by atoms with Gasteiger partial charge in [0.25, 0.3) is 5.82 Å². The van der Waals surface area contributed by atoms with Crippen LogP contribution in [0.25, 0.3) is 0 Å². The average molecular weight is 351 g/mol. The number of nitrogen functional groups attached to an aromatic ring is 1. The van der Waals surface area contributed by atoms with Crippen molar-refractivity contribution in [1.82, 2.24) is 10.3 Å². The van der Waals surface area contributed by atoms with Crippen molar-refractivity contribution in [2.24, 2.45) is 15.2 Å². The summed E-state index contributed by atoms with van der Waals surface area (Å²) in [5, 5.41) is 35.4. The Hall–Kier alpha value is -4.08. The number of aliphatic imine (C=N–C) groups is 1. The van der Waals surface area contributed by atoms with Crippen molar-refractivity contribution in [3.63, 3.8) is 0 Å². The Bertz CT molecular complexity index is 1010. The van der Waals surface area contributed by atoms with Gasteiger partial charge < -0.3 is 15.9 Å². The molecule has 0 spiro atoms. The lowest BCUT2D eigenvalue weighted by Gasteiger charge is -2.09. The summed E-state index contributed by atoms with van der Waals surface area (Å²) in [4.78, 5) is 15.1. The second kappa shape index (κ2) is 7.21. The zero-order chi connectivity index (χ0) is 18.5. The van der Waals surface area contributed by atoms with Gasteiger partial charge in [0.1, 0.15) is 0 Å². The van der Waals surface area contributed by atoms with E-state index in [1.807, 2.05) is 0 Å². The predicted octanol–water partition coefficient (Wildman–Crippen LogP) is 2.59. The Morgan fingerprint density at radius 2 is 2.00 bits per heavy atom. The third-order valence-corrected chi connectivity index (χ3v) is 3.19. The molecule has 130 valence electrons. The van der Waals surface area contributed by atoms with Crippen LogP contribution in [0.4, 0.5) is 23.0 Å². The highest BCUT2D eigenvalue weighted by molar-refractivity contribution is 5.90. The molecule has 0 bridgehead atoms. The third-order valence-electron chi connectivity index (χ3n) is 3.19. The van der Waals surface area contributed by atoms with Crippen molar-refractivity contribution >= 4 is 35.2 Å². The number of rotatable bonds is 5. The highest BCUT2D eigenvalue weighted by Crippen LogP contribution is 2.24. The molecule has 0 aliphatic heterocycles. The molecule has 26 heavy (non-hydrogen) atoms. The zero-order valence-electron chi connectivity index (χ0n) is 13.1. The molecule has 0 saturated carbocycles. The van der Waals surface area contributed by atoms with E-state index in [2.05, 4.69) is 30.2 Å². The van der Waals surface area contributed by atoms with Gasteiger partial charge in [-0.3, -0.25) is 4.99 Å². The van der Waals surface area contributed by atoms with Crippen LogP contribution in [0.1, 0.15) is 15.9 Å². The van der Waals surface area contributed by atoms with Crippen LogP contribution < -0.4 is 10.8 Å². The number of benzene rings is 2. The van der Waals surface area contributed by atoms with Gasteiger partial charge >= 0.3 is 5.97 Å². The minimum absolute atomic E-state index is 0.00528. The number of aromatic nitrogens is 2. The van der Waals surface area contributed by atoms with Crippen LogP contribution in [0.5, 0.6) is 5.75 Å². The fraction of sp³-hybridized carbons (Fsp3) is 0. The fourth-order valence-electron chi connectivity index (χ4n) is 1.93. The van der Waals surface area contributed by atoms with Crippen LogP contribution >= 0.6 is 0 Å². The summed E-state index contributed by atoms with van der Waals surface area (Å²) in [6, 6.07) is 10.3. The highest BCUT2D eigenvalue weighted by atomic mass is 16.6. The summed E-state index contributed by atoms with van der Waals surface area (Å²) in [6.07, 6.45) is 1.33. The Kier molecular flexibility index (Phi) is 4.65. The van der Waals surface area contributed by atoms with Crippen molar-refractivity contribution in [2.45, 2.75) is 0 Å². The van der Waals surface area contributed by atoms with Crippen molar-refractivity contribution < 1.29 is 19.6 Å². The second-order valence-corrected chi connectivity index (χ2v) is 5.01. The largest absolute Gasteiger partial charge is 0.872 e. The minimum Gasteiger partial charge on any atom is -0.872 e. The first-order valence-electron chi connectivity index (χ1n) is 7.21. The highest BCUT2D eigenvalue weighted by Gasteiger charge is 2.04. The molecule has 2 aromatic carbocycles. The number of hydrogen-bond acceptors (Lipinski definition) is 9. The standard InChI is InChI=1S/C16H12N6O4/c17-14-15(22-26-21-14)20-19-12-4-5-13(23)10(7-12)8-18-11-3-1-2-9(6-11)16(24)25/h1-8,23H,(H2,17,21)(H,24,25)/p-1. The van der Waals surface area contributed by atoms with Crippen LogP contribution in [0.3, 0.4) is 0 Å². The summed E-state index contributed by atoms with van der Waals surface area (Å²) >= 11 is 0. The quantitative estimate of drug-likeness (QED) is 0.527. The number of azo groups is 1. The molecule has 0 radical (unpaired) electrons. The maximum atomic E-state index is 11.9. The van der Waals surface area contributed by atoms with E-state index in [1.54, 1.807) is 12.1 Å². The molecule has 0 unspecified atom stereocenters. The van der Waals surface area contributed by atoms with Gasteiger partial charge in [-0.05, 0) is 46.2 Å². The molecular formula is C16H11N6O4-. The van der Waals surface area contributed by atoms with Gasteiger partial charge in [0, 0.05) is 6.21 Å². The first-order chi connectivity index (χ1) is 12.5. The van der Waals surface area contributed by atoms with E-state index in [0.29, 0.717) is 11.4 Å². The molecule has 0 fully saturated rings. The molecule has 0 aliphatic carbocycles. The molecule has 3 N–H and O–H groups in total. The molecule has 10 nitrogen and oxygen atoms in total. The molecule has 10 heteroatoms. The Balaban J connectivity index is 1.84. The normalized spacial score (nSPS) is 11.4. The van der Waals surface area contributed by atoms with E-state index >= 15 is 0 Å². The van der Waals surface area contributed by atoms with E-state index in [-0.39, 0.29) is 28.5 Å². The molecular weight excluding hydrogens is 340 g/mol. The lowest BCUT2D eigenvalue weighted by atomic mass is 10.2. The summed E-state index contributed by atoms with van der Waals surface area (Å²) in [5.41, 5.74) is 6.60. The minimum atomic E-state index is -1.06. The number of nitrogens with two attached hydrogens (primary N) is 1. The van der Waals surface area contributed by atoms with E-state index in [9.17, 15) is 9.90 Å². The third kappa shape index (κ3) is 3.87. The summed E-state index contributed by atoms with van der Waals surface area (Å²) in [5.74, 6) is -1.31. The van der Waals surface area contributed by atoms with E-state index in [0.717, 1.165) is 0 Å². The van der Waals surface area contributed by atoms with Gasteiger partial charge in [-0.15, -0.1) is 10.2 Å². The smallest absolute Gasteiger partial charge is 0.335 e. The Labute approximate surface area is 146 Å². The number of anilines is 1. The van der Waals surface area contributed by atoms with Gasteiger partial charge in [0.05, 0.1) is 16.9 Å². The van der Waals surface area contributed by atoms with Crippen LogP contribution in [0.2, 0.25) is 0 Å². The van der Waals surface area contributed by atoms with Gasteiger partial charge in [-0.1, -0.05) is 17.9 Å². The first-order valence-corrected chi connectivity index (χ1v) is 7.21. The van der Waals surface area contributed by atoms with Crippen molar-refractivity contribution in [1.29, 1.82) is 0 Å². The van der Waals surface area contributed by atoms with E-state index < -0.39 is 5.97 Å². The van der Waals surface area contributed by atoms with Crippen LogP contribution in [-0.2, 0) is 0 Å². The van der Waals surface area contributed by atoms with Crippen LogP contribution in [0, 0.1) is 0 Å². The van der Waals surface area contributed by atoms with Gasteiger partial charge in [-0.2, -0.15) is 0 Å². The van der Waals surface area contributed by atoms with Crippen molar-refractivity contribution in [3.8, 4) is 5.75 Å². The fourth-order valence-corrected chi connectivity index (χ4v) is 1.93. The lowest BCUT2D eigenvalue weighted by molar-refractivity contribution is -0.268. The molecule has 0 saturated heterocycles. The Morgan fingerprint density at radius 1 is 1.15 bits per heavy atom. The molecule has 1 heterocycles. The second-order valence-electron chi connectivity index (χ2n) is 5.01. The number of carboxylic acid groups (broad SMARTS) is 1. The number of hydrogen-bond donors (Lipinski definition) is 2. The molecule has 3 rings (SSSR count). The molecule has 0 atom stereocenters. The van der Waals surface area contributed by atoms with E-state index in [1.165, 1.54) is 36.5 Å². The predicted molar refractivity (Wildman–Crippen MR) is 89.4 cm³/mol. The molecule has 1 aromatic heterocycles. The van der Waals surface area contributed by atoms with E-state index in [4.69, 9.17) is 10.8 Å². The summed E-state index contributed by atoms with van der Waals surface area (Å²) in [6.45, 7) is 0. The topological polar surface area (TPSA) is 162 Å². The maximum Gasteiger partial charge on any atom is 0.335 e. The zero-order valence-corrected chi connectivity index (χ0v) is 13.1. The lowest BCUT2D eigenvalue weighted by Crippen LogP contribution is -1.96. The van der Waals surface area contributed by atoms with Gasteiger partial charge in [0.2, 0.25) is 5.82 Å². The van der Waals surface area contributed by atoms with Crippen molar-refractivity contribution in [3.05, 3.63) is 53.6 Å². The number of nitrogens with zero attached hydrogens (tertiary/aromatic N) is 5. The van der Waals surface area contributed by atoms with Crippen molar-refractivity contribution in [2.75, 3.05) is 5.73 Å². The number of aromatic carboxylic acids is 1. The molecule has 0 aliphatic rings. The SMILES string of the molecule is Nc1nonc1N=Nc1ccc([O-])c(C=Nc2cccc(C(=O)O)c2)c1. The molecule has 3 aromatic rings. The first kappa shape index (κ1) is 16.8. The monoisotopic (exact) mass is 351 g/mol. The van der Waals surface area contributed by atoms with Crippen LogP contribution in [0.15, 0.2) is 62.3 Å². The van der Waals surface area contributed by atoms with Gasteiger partial charge in [0.15, 0.2) is 0 Å².